The Labute approximate surface area is 240 Å². The Morgan fingerprint density at radius 1 is 0.905 bits per heavy atom. The van der Waals surface area contributed by atoms with Crippen molar-refractivity contribution in [3.8, 4) is 11.4 Å². The molecule has 13 heteroatoms. The third-order valence-electron chi connectivity index (χ3n) is 7.01. The van der Waals surface area contributed by atoms with Crippen LogP contribution in [-0.4, -0.2) is 72.1 Å². The highest BCUT2D eigenvalue weighted by Crippen LogP contribution is 2.32. The van der Waals surface area contributed by atoms with Gasteiger partial charge in [-0.2, -0.15) is 0 Å². The molecule has 0 fully saturated rings. The van der Waals surface area contributed by atoms with Crippen molar-refractivity contribution >= 4 is 34.2 Å². The van der Waals surface area contributed by atoms with Crippen LogP contribution in [0.15, 0.2) is 67.0 Å². The predicted molar refractivity (Wildman–Crippen MR) is 153 cm³/mol. The zero-order valence-corrected chi connectivity index (χ0v) is 23.6. The molecule has 2 aromatic heterocycles. The van der Waals surface area contributed by atoms with Gasteiger partial charge >= 0.3 is 5.97 Å². The van der Waals surface area contributed by atoms with E-state index < -0.39 is 11.4 Å². The molecule has 3 aromatic carbocycles. The van der Waals surface area contributed by atoms with Crippen LogP contribution in [-0.2, 0) is 15.0 Å². The fourth-order valence-electron chi connectivity index (χ4n) is 4.56. The Hall–Kier alpha value is -5.43. The van der Waals surface area contributed by atoms with Gasteiger partial charge in [-0.05, 0) is 49.6 Å². The zero-order chi connectivity index (χ0) is 30.2. The number of carbonyl (C=O) groups is 3. The largest absolute Gasteiger partial charge is 0.478 e. The van der Waals surface area contributed by atoms with E-state index in [9.17, 15) is 19.5 Å². The number of carboxylic acids is 1. The summed E-state index contributed by atoms with van der Waals surface area (Å²) in [7, 11) is 2.89. The Morgan fingerprint density at radius 2 is 1.52 bits per heavy atom. The second-order valence-electron chi connectivity index (χ2n) is 10.1. The van der Waals surface area contributed by atoms with Gasteiger partial charge in [0.15, 0.2) is 0 Å². The number of anilines is 1. The van der Waals surface area contributed by atoms with Gasteiger partial charge in [-0.25, -0.2) is 19.2 Å². The van der Waals surface area contributed by atoms with Crippen molar-refractivity contribution in [2.75, 3.05) is 19.5 Å². The Balaban J connectivity index is 1.52. The second-order valence-corrected chi connectivity index (χ2v) is 10.1. The smallest absolute Gasteiger partial charge is 0.336 e. The maximum atomic E-state index is 12.7. The van der Waals surface area contributed by atoms with Gasteiger partial charge in [0.05, 0.1) is 58.9 Å². The van der Waals surface area contributed by atoms with Crippen molar-refractivity contribution in [1.29, 1.82) is 0 Å². The molecule has 0 unspecified atom stereocenters. The molecule has 0 aliphatic heterocycles. The molecule has 2 heterocycles. The fraction of sp³-hybridized carbons (Fsp3) is 0.207. The number of hydroxylamine groups is 2. The lowest BCUT2D eigenvalue weighted by atomic mass is 9.86. The molecule has 0 radical (unpaired) electrons. The normalized spacial score (nSPS) is 11.5. The van der Waals surface area contributed by atoms with E-state index in [1.807, 2.05) is 26.0 Å². The molecule has 2 amide bonds. The topological polar surface area (TPSA) is 157 Å². The number of hydrogen-bond donors (Lipinski definition) is 2. The van der Waals surface area contributed by atoms with E-state index in [0.29, 0.717) is 39.4 Å². The van der Waals surface area contributed by atoms with Crippen molar-refractivity contribution in [3.05, 3.63) is 89.5 Å². The molecule has 214 valence electrons. The van der Waals surface area contributed by atoms with Crippen molar-refractivity contribution in [2.24, 2.45) is 0 Å². The molecule has 0 atom stereocenters. The summed E-state index contributed by atoms with van der Waals surface area (Å²) in [5.41, 5.74) is 2.46. The molecule has 0 aliphatic rings. The molecule has 42 heavy (non-hydrogen) atoms. The summed E-state index contributed by atoms with van der Waals surface area (Å²) in [5, 5.41) is 32.2. The quantitative estimate of drug-likeness (QED) is 0.267. The van der Waals surface area contributed by atoms with E-state index in [-0.39, 0.29) is 17.4 Å². The average Bonchev–Trinajstić information content (AvgIpc) is 3.67. The lowest BCUT2D eigenvalue weighted by Crippen LogP contribution is -2.25. The number of benzene rings is 3. The van der Waals surface area contributed by atoms with Crippen LogP contribution in [0.2, 0.25) is 0 Å². The van der Waals surface area contributed by atoms with Crippen molar-refractivity contribution in [1.82, 2.24) is 35.1 Å². The summed E-state index contributed by atoms with van der Waals surface area (Å²) in [5.74, 6) is -1.68. The maximum absolute atomic E-state index is 12.7. The van der Waals surface area contributed by atoms with Gasteiger partial charge in [-0.15, -0.1) is 10.2 Å². The minimum absolute atomic E-state index is 0.199. The molecule has 13 nitrogen and oxygen atoms in total. The minimum atomic E-state index is -1.01. The Bertz CT molecular complexity index is 1840. The molecule has 5 rings (SSSR count). The zero-order valence-electron chi connectivity index (χ0n) is 23.6. The summed E-state index contributed by atoms with van der Waals surface area (Å²) in [6.45, 7) is 5.23. The number of rotatable bonds is 8. The number of fused-ring (bicyclic) bond motifs is 1. The number of carboxylic acid groups (broad SMARTS) is 1. The van der Waals surface area contributed by atoms with Crippen LogP contribution < -0.4 is 5.32 Å². The standard InChI is InChI=1S/C29H28N8O5/c1-17(38)30-22-13-12-18(27(39)35(4)42-5)14-24(22)37-16-26(32-34-37)29(2,3)25-15-36(33-31-25)23-11-7-8-19-20(23)9-6-10-21(19)28(40)41/h6-16H,1-5H3,(H,30,38)(H,40,41). The van der Waals surface area contributed by atoms with Crippen LogP contribution in [0.25, 0.3) is 22.1 Å². The number of aromatic carboxylic acids is 1. The van der Waals surface area contributed by atoms with Crippen LogP contribution in [0.5, 0.6) is 0 Å². The fourth-order valence-corrected chi connectivity index (χ4v) is 4.56. The molecule has 5 aromatic rings. The summed E-state index contributed by atoms with van der Waals surface area (Å²) < 4.78 is 3.08. The van der Waals surface area contributed by atoms with E-state index in [1.54, 1.807) is 59.5 Å². The van der Waals surface area contributed by atoms with Crippen LogP contribution in [0.4, 0.5) is 5.69 Å². The summed E-state index contributed by atoms with van der Waals surface area (Å²) in [6, 6.07) is 15.3. The summed E-state index contributed by atoms with van der Waals surface area (Å²) >= 11 is 0. The first-order valence-corrected chi connectivity index (χ1v) is 12.9. The number of hydrogen-bond acceptors (Lipinski definition) is 8. The highest BCUT2D eigenvalue weighted by molar-refractivity contribution is 6.06. The van der Waals surface area contributed by atoms with Crippen molar-refractivity contribution in [3.63, 3.8) is 0 Å². The highest BCUT2D eigenvalue weighted by Gasteiger charge is 2.31. The number of nitrogens with zero attached hydrogens (tertiary/aromatic N) is 7. The first-order chi connectivity index (χ1) is 20.0. The van der Waals surface area contributed by atoms with E-state index >= 15 is 0 Å². The van der Waals surface area contributed by atoms with Crippen molar-refractivity contribution in [2.45, 2.75) is 26.2 Å². The summed E-state index contributed by atoms with van der Waals surface area (Å²) in [6.07, 6.45) is 3.47. The lowest BCUT2D eigenvalue weighted by molar-refractivity contribution is -0.114. The van der Waals surface area contributed by atoms with Gasteiger partial charge in [0.1, 0.15) is 0 Å². The van der Waals surface area contributed by atoms with Gasteiger partial charge in [-0.1, -0.05) is 34.7 Å². The molecule has 2 N–H and O–H groups in total. The maximum Gasteiger partial charge on any atom is 0.336 e. The minimum Gasteiger partial charge on any atom is -0.478 e. The molecular formula is C29H28N8O5. The van der Waals surface area contributed by atoms with Gasteiger partial charge in [0, 0.05) is 24.9 Å². The lowest BCUT2D eigenvalue weighted by Gasteiger charge is -2.18. The molecule has 0 saturated carbocycles. The highest BCUT2D eigenvalue weighted by atomic mass is 16.7. The van der Waals surface area contributed by atoms with Gasteiger partial charge in [0.25, 0.3) is 5.91 Å². The monoisotopic (exact) mass is 568 g/mol. The van der Waals surface area contributed by atoms with E-state index in [1.165, 1.54) is 25.8 Å². The molecular weight excluding hydrogens is 540 g/mol. The number of carbonyl (C=O) groups excluding carboxylic acids is 2. The van der Waals surface area contributed by atoms with E-state index in [0.717, 1.165) is 10.4 Å². The third kappa shape index (κ3) is 5.08. The van der Waals surface area contributed by atoms with Crippen LogP contribution >= 0.6 is 0 Å². The number of nitrogens with one attached hydrogen (secondary N) is 1. The summed E-state index contributed by atoms with van der Waals surface area (Å²) in [4.78, 5) is 41.3. The Kier molecular flexibility index (Phi) is 7.27. The first kappa shape index (κ1) is 28.1. The van der Waals surface area contributed by atoms with E-state index in [2.05, 4.69) is 25.9 Å². The number of aromatic nitrogens is 6. The van der Waals surface area contributed by atoms with Crippen LogP contribution in [0.1, 0.15) is 52.9 Å². The van der Waals surface area contributed by atoms with E-state index in [4.69, 9.17) is 4.84 Å². The van der Waals surface area contributed by atoms with Crippen molar-refractivity contribution < 1.29 is 24.3 Å². The van der Waals surface area contributed by atoms with Crippen LogP contribution in [0.3, 0.4) is 0 Å². The second kappa shape index (κ2) is 10.9. The molecule has 0 spiro atoms. The molecule has 0 aliphatic carbocycles. The third-order valence-corrected chi connectivity index (χ3v) is 7.01. The average molecular weight is 569 g/mol. The van der Waals surface area contributed by atoms with Gasteiger partial charge < -0.3 is 10.4 Å². The molecule has 0 bridgehead atoms. The van der Waals surface area contributed by atoms with Gasteiger partial charge in [0.2, 0.25) is 5.91 Å². The van der Waals surface area contributed by atoms with Gasteiger partial charge in [-0.3, -0.25) is 14.4 Å². The Morgan fingerprint density at radius 3 is 2.14 bits per heavy atom. The molecule has 0 saturated heterocycles. The van der Waals surface area contributed by atoms with Crippen LogP contribution in [0, 0.1) is 0 Å². The number of amides is 2. The predicted octanol–water partition coefficient (Wildman–Crippen LogP) is 3.62. The SMILES string of the molecule is CON(C)C(=O)c1ccc(NC(C)=O)c(-n2cc(C(C)(C)c3cn(-c4cccc5c(C(=O)O)cccc45)nn3)nn2)c1. The first-order valence-electron chi connectivity index (χ1n) is 12.9.